The SMILES string of the molecule is O=C(O[C@H]1[C@@H](OC(=O)c2ccccc2)[C@H](O)O[C@H](CF)[C@H]1OC(=O)c1ccccc1)c1ccccc1. The highest BCUT2D eigenvalue weighted by atomic mass is 19.1. The van der Waals surface area contributed by atoms with Crippen molar-refractivity contribution in [1.82, 2.24) is 0 Å². The van der Waals surface area contributed by atoms with Gasteiger partial charge in [-0.05, 0) is 36.4 Å². The molecule has 36 heavy (non-hydrogen) atoms. The number of hydrogen-bond acceptors (Lipinski definition) is 8. The number of alkyl halides is 1. The molecule has 0 spiro atoms. The lowest BCUT2D eigenvalue weighted by molar-refractivity contribution is -0.281. The van der Waals surface area contributed by atoms with Crippen LogP contribution in [0, 0.1) is 0 Å². The van der Waals surface area contributed by atoms with Crippen molar-refractivity contribution < 1.29 is 42.8 Å². The predicted octanol–water partition coefficient (Wildman–Crippen LogP) is 3.35. The molecule has 0 amide bonds. The third-order valence-corrected chi connectivity index (χ3v) is 5.52. The van der Waals surface area contributed by atoms with E-state index in [1.165, 1.54) is 36.4 Å². The first-order valence-corrected chi connectivity index (χ1v) is 11.2. The fourth-order valence-electron chi connectivity index (χ4n) is 3.72. The summed E-state index contributed by atoms with van der Waals surface area (Å²) in [6.45, 7) is -1.18. The van der Waals surface area contributed by atoms with Gasteiger partial charge in [-0.25, -0.2) is 18.8 Å². The standard InChI is InChI=1S/C27H23FO8/c28-16-20-21(34-24(29)17-10-4-1-5-11-17)22(35-25(30)18-12-6-2-7-13-18)23(27(32)33-20)36-26(31)19-14-8-3-9-15-19/h1-15,20-23,27,32H,16H2/t20-,21-,22-,23-,27-/m1/s1. The van der Waals surface area contributed by atoms with Gasteiger partial charge in [-0.15, -0.1) is 0 Å². The molecule has 4 rings (SSSR count). The van der Waals surface area contributed by atoms with Crippen LogP contribution in [0.1, 0.15) is 31.1 Å². The molecule has 5 atom stereocenters. The fraction of sp³-hybridized carbons (Fsp3) is 0.222. The smallest absolute Gasteiger partial charge is 0.338 e. The summed E-state index contributed by atoms with van der Waals surface area (Å²) in [5, 5.41) is 10.6. The Morgan fingerprint density at radius 2 is 1.00 bits per heavy atom. The molecule has 0 aromatic heterocycles. The molecule has 1 aliphatic rings. The number of ether oxygens (including phenoxy) is 4. The monoisotopic (exact) mass is 494 g/mol. The third kappa shape index (κ3) is 5.76. The molecule has 9 heteroatoms. The molecule has 0 saturated carbocycles. The van der Waals surface area contributed by atoms with Gasteiger partial charge in [-0.1, -0.05) is 54.6 Å². The van der Waals surface area contributed by atoms with Crippen molar-refractivity contribution in [3.63, 3.8) is 0 Å². The van der Waals surface area contributed by atoms with Crippen molar-refractivity contribution in [2.45, 2.75) is 30.7 Å². The van der Waals surface area contributed by atoms with Crippen LogP contribution in [-0.2, 0) is 18.9 Å². The Balaban J connectivity index is 1.66. The van der Waals surface area contributed by atoms with Crippen molar-refractivity contribution in [3.8, 4) is 0 Å². The number of carbonyl (C=O) groups is 3. The second kappa shape index (κ2) is 11.6. The van der Waals surface area contributed by atoms with Gasteiger partial charge >= 0.3 is 17.9 Å². The third-order valence-electron chi connectivity index (χ3n) is 5.52. The second-order valence-corrected chi connectivity index (χ2v) is 7.93. The lowest BCUT2D eigenvalue weighted by atomic mass is 9.98. The zero-order valence-electron chi connectivity index (χ0n) is 18.9. The summed E-state index contributed by atoms with van der Waals surface area (Å²) in [6.07, 6.45) is -8.09. The maximum Gasteiger partial charge on any atom is 0.338 e. The summed E-state index contributed by atoms with van der Waals surface area (Å²) in [5.41, 5.74) is 0.465. The Kier molecular flexibility index (Phi) is 8.04. The van der Waals surface area contributed by atoms with E-state index in [2.05, 4.69) is 0 Å². The van der Waals surface area contributed by atoms with Crippen LogP contribution in [0.25, 0.3) is 0 Å². The number of halogens is 1. The summed E-state index contributed by atoms with van der Waals surface area (Å²) in [6, 6.07) is 23.7. The Labute approximate surface area is 206 Å². The van der Waals surface area contributed by atoms with Crippen molar-refractivity contribution in [3.05, 3.63) is 108 Å². The minimum absolute atomic E-state index is 0.150. The topological polar surface area (TPSA) is 108 Å². The summed E-state index contributed by atoms with van der Waals surface area (Å²) >= 11 is 0. The van der Waals surface area contributed by atoms with Gasteiger partial charge in [-0.3, -0.25) is 0 Å². The average Bonchev–Trinajstić information content (AvgIpc) is 2.93. The maximum atomic E-state index is 14.0. The zero-order chi connectivity index (χ0) is 25.5. The van der Waals surface area contributed by atoms with Crippen molar-refractivity contribution in [1.29, 1.82) is 0 Å². The van der Waals surface area contributed by atoms with Gasteiger partial charge in [-0.2, -0.15) is 0 Å². The van der Waals surface area contributed by atoms with E-state index in [1.807, 2.05) is 0 Å². The summed E-state index contributed by atoms with van der Waals surface area (Å²) in [7, 11) is 0. The largest absolute Gasteiger partial charge is 0.452 e. The normalized spacial score (nSPS) is 23.3. The van der Waals surface area contributed by atoms with Crippen LogP contribution in [0.3, 0.4) is 0 Å². The lowest BCUT2D eigenvalue weighted by Gasteiger charge is -2.42. The number of benzene rings is 3. The summed E-state index contributed by atoms with van der Waals surface area (Å²) < 4.78 is 35.8. The first-order valence-electron chi connectivity index (χ1n) is 11.2. The number of esters is 3. The quantitative estimate of drug-likeness (QED) is 0.394. The molecule has 1 N–H and O–H groups in total. The van der Waals surface area contributed by atoms with E-state index in [1.54, 1.807) is 54.6 Å². The number of carbonyl (C=O) groups excluding carboxylic acids is 3. The van der Waals surface area contributed by atoms with E-state index in [0.717, 1.165) is 0 Å². The van der Waals surface area contributed by atoms with Crippen LogP contribution in [-0.4, -0.2) is 60.4 Å². The molecular formula is C27H23FO8. The van der Waals surface area contributed by atoms with Crippen molar-refractivity contribution in [2.75, 3.05) is 6.67 Å². The lowest BCUT2D eigenvalue weighted by Crippen LogP contribution is -2.62. The fourth-order valence-corrected chi connectivity index (χ4v) is 3.72. The first-order chi connectivity index (χ1) is 17.5. The molecule has 0 aliphatic carbocycles. The number of aliphatic hydroxyl groups is 1. The Morgan fingerprint density at radius 3 is 1.39 bits per heavy atom. The van der Waals surface area contributed by atoms with Crippen LogP contribution in [0.4, 0.5) is 4.39 Å². The molecule has 1 fully saturated rings. The van der Waals surface area contributed by atoms with Crippen LogP contribution < -0.4 is 0 Å². The van der Waals surface area contributed by atoms with Gasteiger partial charge in [0.15, 0.2) is 24.6 Å². The summed E-state index contributed by atoms with van der Waals surface area (Å²) in [5.74, 6) is -2.54. The number of hydrogen-bond donors (Lipinski definition) is 1. The number of rotatable bonds is 7. The second-order valence-electron chi connectivity index (χ2n) is 7.93. The molecule has 0 radical (unpaired) electrons. The molecule has 1 heterocycles. The highest BCUT2D eigenvalue weighted by molar-refractivity contribution is 5.91. The molecule has 1 aliphatic heterocycles. The van der Waals surface area contributed by atoms with Gasteiger partial charge in [0.2, 0.25) is 0 Å². The van der Waals surface area contributed by atoms with E-state index < -0.39 is 55.3 Å². The Bertz CT molecular complexity index is 1170. The zero-order valence-corrected chi connectivity index (χ0v) is 18.9. The minimum atomic E-state index is -1.86. The van der Waals surface area contributed by atoms with Crippen LogP contribution in [0.5, 0.6) is 0 Å². The molecule has 0 unspecified atom stereocenters. The average molecular weight is 494 g/mol. The molecule has 186 valence electrons. The minimum Gasteiger partial charge on any atom is -0.452 e. The Hall–Kier alpha value is -4.08. The summed E-state index contributed by atoms with van der Waals surface area (Å²) in [4.78, 5) is 38.4. The van der Waals surface area contributed by atoms with Gasteiger partial charge in [0, 0.05) is 0 Å². The van der Waals surface area contributed by atoms with Gasteiger partial charge < -0.3 is 24.1 Å². The van der Waals surface area contributed by atoms with Crippen molar-refractivity contribution >= 4 is 17.9 Å². The van der Waals surface area contributed by atoms with Crippen LogP contribution >= 0.6 is 0 Å². The van der Waals surface area contributed by atoms with E-state index in [-0.39, 0.29) is 16.7 Å². The molecular weight excluding hydrogens is 471 g/mol. The van der Waals surface area contributed by atoms with Gasteiger partial charge in [0.05, 0.1) is 16.7 Å². The van der Waals surface area contributed by atoms with Gasteiger partial charge in [0.1, 0.15) is 12.8 Å². The van der Waals surface area contributed by atoms with Crippen LogP contribution in [0.15, 0.2) is 91.0 Å². The van der Waals surface area contributed by atoms with Crippen molar-refractivity contribution in [2.24, 2.45) is 0 Å². The van der Waals surface area contributed by atoms with Crippen LogP contribution in [0.2, 0.25) is 0 Å². The highest BCUT2D eigenvalue weighted by Crippen LogP contribution is 2.30. The predicted molar refractivity (Wildman–Crippen MR) is 124 cm³/mol. The molecule has 3 aromatic carbocycles. The first kappa shape index (κ1) is 25.0. The van der Waals surface area contributed by atoms with Gasteiger partial charge in [0.25, 0.3) is 0 Å². The molecule has 0 bridgehead atoms. The van der Waals surface area contributed by atoms with E-state index in [4.69, 9.17) is 18.9 Å². The molecule has 1 saturated heterocycles. The number of aliphatic hydroxyl groups excluding tert-OH is 1. The van der Waals surface area contributed by atoms with E-state index >= 15 is 0 Å². The highest BCUT2D eigenvalue weighted by Gasteiger charge is 2.52. The molecule has 3 aromatic rings. The van der Waals surface area contributed by atoms with E-state index in [9.17, 15) is 23.9 Å². The van der Waals surface area contributed by atoms with E-state index in [0.29, 0.717) is 0 Å². The molecule has 8 nitrogen and oxygen atoms in total. The maximum absolute atomic E-state index is 14.0. The Morgan fingerprint density at radius 1 is 0.639 bits per heavy atom.